The normalized spacial score (nSPS) is 10.2. The average molecular weight is 283 g/mol. The van der Waals surface area contributed by atoms with E-state index in [0.29, 0.717) is 18.0 Å². The van der Waals surface area contributed by atoms with Crippen LogP contribution in [0.5, 0.6) is 5.75 Å². The van der Waals surface area contributed by atoms with Gasteiger partial charge in [0.1, 0.15) is 17.4 Å². The highest BCUT2D eigenvalue weighted by Crippen LogP contribution is 2.29. The van der Waals surface area contributed by atoms with Gasteiger partial charge in [0.25, 0.3) is 5.56 Å². The summed E-state index contributed by atoms with van der Waals surface area (Å²) in [5, 5.41) is 13.5. The van der Waals surface area contributed by atoms with Crippen molar-refractivity contribution >= 4 is 0 Å². The number of hydrogen-bond acceptors (Lipinski definition) is 4. The molecule has 0 unspecified atom stereocenters. The van der Waals surface area contributed by atoms with Crippen LogP contribution in [0.4, 0.5) is 0 Å². The number of nitrogens with zero attached hydrogens (tertiary/aromatic N) is 3. The van der Waals surface area contributed by atoms with Gasteiger partial charge in [-0.25, -0.2) is 4.68 Å². The maximum atomic E-state index is 12.0. The summed E-state index contributed by atoms with van der Waals surface area (Å²) in [7, 11) is 1.58. The van der Waals surface area contributed by atoms with Crippen LogP contribution in [0.25, 0.3) is 11.3 Å². The van der Waals surface area contributed by atoms with Crippen LogP contribution in [-0.2, 0) is 6.54 Å². The Balaban J connectivity index is 2.70. The third-order valence-electron chi connectivity index (χ3n) is 3.16. The first-order valence-corrected chi connectivity index (χ1v) is 6.78. The summed E-state index contributed by atoms with van der Waals surface area (Å²) in [5.41, 5.74) is 2.14. The number of benzene rings is 1. The third kappa shape index (κ3) is 2.95. The molecule has 21 heavy (non-hydrogen) atoms. The number of aryl methyl sites for hydroxylation is 2. The lowest BCUT2D eigenvalue weighted by Gasteiger charge is -2.11. The van der Waals surface area contributed by atoms with E-state index in [2.05, 4.69) is 5.10 Å². The van der Waals surface area contributed by atoms with Crippen molar-refractivity contribution in [3.63, 3.8) is 0 Å². The highest BCUT2D eigenvalue weighted by molar-refractivity contribution is 5.68. The minimum Gasteiger partial charge on any atom is -0.496 e. The molecule has 0 N–H and O–H groups in total. The van der Waals surface area contributed by atoms with Crippen LogP contribution in [0, 0.1) is 18.3 Å². The molecule has 0 atom stereocenters. The van der Waals surface area contributed by atoms with E-state index in [9.17, 15) is 4.79 Å². The summed E-state index contributed by atoms with van der Waals surface area (Å²) in [6.07, 6.45) is 0.770. The minimum atomic E-state index is -0.352. The molecule has 0 fully saturated rings. The Labute approximate surface area is 123 Å². The van der Waals surface area contributed by atoms with Crippen molar-refractivity contribution in [2.24, 2.45) is 0 Å². The Morgan fingerprint density at radius 3 is 2.76 bits per heavy atom. The highest BCUT2D eigenvalue weighted by atomic mass is 16.5. The van der Waals surface area contributed by atoms with Gasteiger partial charge in [-0.2, -0.15) is 10.4 Å². The fourth-order valence-corrected chi connectivity index (χ4v) is 2.14. The summed E-state index contributed by atoms with van der Waals surface area (Å²) in [5.74, 6) is 0.665. The van der Waals surface area contributed by atoms with Crippen LogP contribution in [0.1, 0.15) is 24.5 Å². The molecule has 0 bridgehead atoms. The van der Waals surface area contributed by atoms with Gasteiger partial charge in [0.05, 0.1) is 12.8 Å². The van der Waals surface area contributed by atoms with Crippen LogP contribution in [0.15, 0.2) is 29.1 Å². The number of ether oxygens (including phenoxy) is 1. The van der Waals surface area contributed by atoms with E-state index in [1.54, 1.807) is 7.11 Å². The molecule has 1 aromatic carbocycles. The molecule has 1 heterocycles. The van der Waals surface area contributed by atoms with Gasteiger partial charge in [0, 0.05) is 12.1 Å². The quantitative estimate of drug-likeness (QED) is 0.864. The largest absolute Gasteiger partial charge is 0.496 e. The lowest BCUT2D eigenvalue weighted by Crippen LogP contribution is -2.25. The Morgan fingerprint density at radius 2 is 2.14 bits per heavy atom. The Bertz CT molecular complexity index is 757. The van der Waals surface area contributed by atoms with E-state index in [-0.39, 0.29) is 11.1 Å². The maximum absolute atomic E-state index is 12.0. The van der Waals surface area contributed by atoms with Gasteiger partial charge < -0.3 is 4.74 Å². The van der Waals surface area contributed by atoms with Crippen molar-refractivity contribution in [2.75, 3.05) is 7.11 Å². The van der Waals surface area contributed by atoms with E-state index in [0.717, 1.165) is 17.5 Å². The number of hydrogen-bond donors (Lipinski definition) is 0. The van der Waals surface area contributed by atoms with E-state index in [1.807, 2.05) is 38.1 Å². The zero-order chi connectivity index (χ0) is 15.4. The standard InChI is InChI=1S/C16H17N3O2/c1-4-7-19-16(20)12(10-17)9-14(18-19)13-8-11(2)5-6-15(13)21-3/h5-6,8-9H,4,7H2,1-3H3. The molecule has 5 nitrogen and oxygen atoms in total. The van der Waals surface area contributed by atoms with E-state index < -0.39 is 0 Å². The van der Waals surface area contributed by atoms with Gasteiger partial charge in [-0.15, -0.1) is 0 Å². The Morgan fingerprint density at radius 1 is 1.38 bits per heavy atom. The van der Waals surface area contributed by atoms with Crippen molar-refractivity contribution in [3.05, 3.63) is 45.7 Å². The molecule has 5 heteroatoms. The topological polar surface area (TPSA) is 67.9 Å². The van der Waals surface area contributed by atoms with Gasteiger partial charge in [-0.1, -0.05) is 18.6 Å². The molecule has 0 aliphatic carbocycles. The monoisotopic (exact) mass is 283 g/mol. The fraction of sp³-hybridized carbons (Fsp3) is 0.312. The van der Waals surface area contributed by atoms with Crippen LogP contribution in [0.2, 0.25) is 0 Å². The minimum absolute atomic E-state index is 0.0945. The lowest BCUT2D eigenvalue weighted by atomic mass is 10.1. The molecule has 0 saturated heterocycles. The van der Waals surface area contributed by atoms with Crippen molar-refractivity contribution in [2.45, 2.75) is 26.8 Å². The second kappa shape index (κ2) is 6.23. The molecular weight excluding hydrogens is 266 g/mol. The Kier molecular flexibility index (Phi) is 4.39. The maximum Gasteiger partial charge on any atom is 0.284 e. The molecule has 1 aromatic heterocycles. The molecule has 0 amide bonds. The SMILES string of the molecule is CCCn1nc(-c2cc(C)ccc2OC)cc(C#N)c1=O. The predicted octanol–water partition coefficient (Wildman–Crippen LogP) is 2.51. The number of nitriles is 1. The molecular formula is C16H17N3O2. The summed E-state index contributed by atoms with van der Waals surface area (Å²) >= 11 is 0. The Hall–Kier alpha value is -2.61. The zero-order valence-electron chi connectivity index (χ0n) is 12.4. The molecule has 0 aliphatic rings. The fourth-order valence-electron chi connectivity index (χ4n) is 2.14. The molecule has 0 aliphatic heterocycles. The first kappa shape index (κ1) is 14.8. The van der Waals surface area contributed by atoms with Gasteiger partial charge in [0.15, 0.2) is 0 Å². The number of aromatic nitrogens is 2. The average Bonchev–Trinajstić information content (AvgIpc) is 2.49. The summed E-state index contributed by atoms with van der Waals surface area (Å²) in [6.45, 7) is 4.41. The number of methoxy groups -OCH3 is 1. The predicted molar refractivity (Wildman–Crippen MR) is 80.2 cm³/mol. The van der Waals surface area contributed by atoms with Crippen molar-refractivity contribution in [3.8, 4) is 23.1 Å². The lowest BCUT2D eigenvalue weighted by molar-refractivity contribution is 0.416. The van der Waals surface area contributed by atoms with E-state index in [1.165, 1.54) is 10.7 Å². The van der Waals surface area contributed by atoms with Crippen LogP contribution >= 0.6 is 0 Å². The second-order valence-corrected chi connectivity index (χ2v) is 4.79. The van der Waals surface area contributed by atoms with Gasteiger partial charge in [-0.05, 0) is 31.5 Å². The molecule has 2 rings (SSSR count). The van der Waals surface area contributed by atoms with Crippen molar-refractivity contribution in [1.29, 1.82) is 5.26 Å². The van der Waals surface area contributed by atoms with Crippen molar-refractivity contribution < 1.29 is 4.74 Å². The molecule has 0 radical (unpaired) electrons. The highest BCUT2D eigenvalue weighted by Gasteiger charge is 2.13. The third-order valence-corrected chi connectivity index (χ3v) is 3.16. The smallest absolute Gasteiger partial charge is 0.284 e. The first-order chi connectivity index (χ1) is 10.1. The van der Waals surface area contributed by atoms with Gasteiger partial charge in [-0.3, -0.25) is 4.79 Å². The van der Waals surface area contributed by atoms with Crippen LogP contribution in [-0.4, -0.2) is 16.9 Å². The number of rotatable bonds is 4. The first-order valence-electron chi connectivity index (χ1n) is 6.78. The summed E-state index contributed by atoms with van der Waals surface area (Å²) in [6, 6.07) is 9.19. The molecule has 108 valence electrons. The molecule has 2 aromatic rings. The molecule has 0 spiro atoms. The zero-order valence-corrected chi connectivity index (χ0v) is 12.4. The summed E-state index contributed by atoms with van der Waals surface area (Å²) in [4.78, 5) is 12.0. The van der Waals surface area contributed by atoms with Crippen LogP contribution in [0.3, 0.4) is 0 Å². The summed E-state index contributed by atoms with van der Waals surface area (Å²) < 4.78 is 6.69. The molecule has 0 saturated carbocycles. The van der Waals surface area contributed by atoms with Gasteiger partial charge in [0.2, 0.25) is 0 Å². The second-order valence-electron chi connectivity index (χ2n) is 4.79. The van der Waals surface area contributed by atoms with Crippen molar-refractivity contribution in [1.82, 2.24) is 9.78 Å². The van der Waals surface area contributed by atoms with E-state index >= 15 is 0 Å². The van der Waals surface area contributed by atoms with E-state index in [4.69, 9.17) is 10.00 Å². The van der Waals surface area contributed by atoms with Gasteiger partial charge >= 0.3 is 0 Å². The van der Waals surface area contributed by atoms with Crippen LogP contribution < -0.4 is 10.3 Å².